The van der Waals surface area contributed by atoms with Crippen LogP contribution >= 0.6 is 0 Å². The lowest BCUT2D eigenvalue weighted by atomic mass is 9.88. The van der Waals surface area contributed by atoms with E-state index in [1.165, 1.54) is 11.6 Å². The Morgan fingerprint density at radius 3 is 2.54 bits per heavy atom. The quantitative estimate of drug-likeness (QED) is 0.844. The minimum atomic E-state index is -0.803. The van der Waals surface area contributed by atoms with Gasteiger partial charge >= 0.3 is 0 Å². The third kappa shape index (κ3) is 2.60. The number of aliphatic hydroxyl groups excluding tert-OH is 2. The minimum absolute atomic E-state index is 0.197. The van der Waals surface area contributed by atoms with E-state index in [4.69, 9.17) is 0 Å². The van der Waals surface area contributed by atoms with Crippen LogP contribution in [0.2, 0.25) is 0 Å². The van der Waals surface area contributed by atoms with Crippen LogP contribution in [0, 0.1) is 5.82 Å². The normalized spacial score (nSPS) is 26.5. The summed E-state index contributed by atoms with van der Waals surface area (Å²) in [5, 5.41) is 20.8. The molecule has 3 nitrogen and oxygen atoms in total. The van der Waals surface area contributed by atoms with Gasteiger partial charge in [0.25, 0.3) is 0 Å². The molecule has 4 heteroatoms. The summed E-state index contributed by atoms with van der Waals surface area (Å²) in [6, 6.07) is 12.8. The summed E-state index contributed by atoms with van der Waals surface area (Å²) in [5.74, 6) is -0.233. The second-order valence-electron chi connectivity index (χ2n) is 6.83. The van der Waals surface area contributed by atoms with Gasteiger partial charge < -0.3 is 15.1 Å². The molecule has 0 bridgehead atoms. The van der Waals surface area contributed by atoms with E-state index in [2.05, 4.69) is 17.0 Å². The second-order valence-corrected chi connectivity index (χ2v) is 6.83. The van der Waals surface area contributed by atoms with E-state index in [-0.39, 0.29) is 11.9 Å². The van der Waals surface area contributed by atoms with E-state index in [1.807, 2.05) is 12.1 Å². The van der Waals surface area contributed by atoms with E-state index in [9.17, 15) is 14.6 Å². The molecule has 1 fully saturated rings. The Balaban J connectivity index is 1.87. The Bertz CT molecular complexity index is 748. The first-order chi connectivity index (χ1) is 11.6. The predicted molar refractivity (Wildman–Crippen MR) is 92.0 cm³/mol. The molecule has 1 saturated carbocycles. The van der Waals surface area contributed by atoms with Gasteiger partial charge in [0.15, 0.2) is 0 Å². The number of para-hydroxylation sites is 1. The largest absolute Gasteiger partial charge is 0.390 e. The van der Waals surface area contributed by atoms with Gasteiger partial charge in [-0.25, -0.2) is 4.39 Å². The van der Waals surface area contributed by atoms with Crippen molar-refractivity contribution in [3.63, 3.8) is 0 Å². The van der Waals surface area contributed by atoms with Crippen LogP contribution in [0.1, 0.15) is 30.4 Å². The molecular formula is C20H22FNO2. The molecule has 0 unspecified atom stereocenters. The van der Waals surface area contributed by atoms with Crippen molar-refractivity contribution in [3.05, 3.63) is 59.4 Å². The number of nitrogens with zero attached hydrogens (tertiary/aromatic N) is 1. The molecule has 2 aromatic carbocycles. The summed E-state index contributed by atoms with van der Waals surface area (Å²) in [5.41, 5.74) is 4.15. The number of aryl methyl sites for hydroxylation is 2. The van der Waals surface area contributed by atoms with Crippen LogP contribution < -0.4 is 4.90 Å². The maximum atomic E-state index is 13.8. The highest BCUT2D eigenvalue weighted by Gasteiger charge is 2.37. The maximum absolute atomic E-state index is 13.8. The molecule has 2 N–H and O–H groups in total. The van der Waals surface area contributed by atoms with Crippen molar-refractivity contribution in [2.24, 2.45) is 0 Å². The Kier molecular flexibility index (Phi) is 4.02. The SMILES string of the molecule is O[C@@H]1[C@H](O)CCC[C@H]1N1c2ccccc2CCc2cc(F)ccc21. The first kappa shape index (κ1) is 15.6. The van der Waals surface area contributed by atoms with E-state index in [1.54, 1.807) is 12.1 Å². The number of hydrogen-bond donors (Lipinski definition) is 2. The number of rotatable bonds is 1. The molecule has 126 valence electrons. The summed E-state index contributed by atoms with van der Waals surface area (Å²) >= 11 is 0. The average Bonchev–Trinajstić information content (AvgIpc) is 2.74. The Labute approximate surface area is 141 Å². The van der Waals surface area contributed by atoms with E-state index in [0.29, 0.717) is 6.42 Å². The van der Waals surface area contributed by atoms with Gasteiger partial charge in [-0.15, -0.1) is 0 Å². The summed E-state index contributed by atoms with van der Waals surface area (Å²) in [7, 11) is 0. The van der Waals surface area contributed by atoms with Gasteiger partial charge in [0.05, 0.1) is 12.1 Å². The van der Waals surface area contributed by atoms with Gasteiger partial charge in [0.2, 0.25) is 0 Å². The van der Waals surface area contributed by atoms with Crippen molar-refractivity contribution in [2.45, 2.75) is 50.4 Å². The fourth-order valence-corrected chi connectivity index (χ4v) is 4.12. The zero-order valence-corrected chi connectivity index (χ0v) is 13.5. The number of hydrogen-bond acceptors (Lipinski definition) is 3. The highest BCUT2D eigenvalue weighted by molar-refractivity contribution is 5.72. The van der Waals surface area contributed by atoms with Gasteiger partial charge in [0, 0.05) is 11.4 Å². The molecule has 1 aliphatic heterocycles. The van der Waals surface area contributed by atoms with E-state index < -0.39 is 12.2 Å². The second kappa shape index (κ2) is 6.19. The molecule has 3 atom stereocenters. The van der Waals surface area contributed by atoms with Crippen LogP contribution in [0.5, 0.6) is 0 Å². The number of benzene rings is 2. The molecule has 1 heterocycles. The molecule has 4 rings (SSSR count). The van der Waals surface area contributed by atoms with Crippen molar-refractivity contribution in [3.8, 4) is 0 Å². The van der Waals surface area contributed by atoms with Crippen LogP contribution in [0.15, 0.2) is 42.5 Å². The van der Waals surface area contributed by atoms with Crippen molar-refractivity contribution in [2.75, 3.05) is 4.90 Å². The molecule has 2 aromatic rings. The first-order valence-corrected chi connectivity index (χ1v) is 8.67. The van der Waals surface area contributed by atoms with E-state index in [0.717, 1.165) is 42.6 Å². The van der Waals surface area contributed by atoms with Crippen LogP contribution in [0.4, 0.5) is 15.8 Å². The van der Waals surface area contributed by atoms with Crippen LogP contribution in [-0.4, -0.2) is 28.5 Å². The molecule has 2 aliphatic rings. The number of aliphatic hydroxyl groups is 2. The Hall–Kier alpha value is -1.91. The minimum Gasteiger partial charge on any atom is -0.390 e. The summed E-state index contributed by atoms with van der Waals surface area (Å²) < 4.78 is 13.8. The van der Waals surface area contributed by atoms with Gasteiger partial charge in [-0.05, 0) is 67.5 Å². The molecular weight excluding hydrogens is 305 g/mol. The Morgan fingerprint density at radius 2 is 1.67 bits per heavy atom. The monoisotopic (exact) mass is 327 g/mol. The first-order valence-electron chi connectivity index (χ1n) is 8.67. The maximum Gasteiger partial charge on any atom is 0.123 e. The molecule has 24 heavy (non-hydrogen) atoms. The van der Waals surface area contributed by atoms with Crippen LogP contribution in [0.25, 0.3) is 0 Å². The third-order valence-electron chi connectivity index (χ3n) is 5.34. The van der Waals surface area contributed by atoms with Crippen LogP contribution in [-0.2, 0) is 12.8 Å². The number of fused-ring (bicyclic) bond motifs is 2. The Morgan fingerprint density at radius 1 is 0.917 bits per heavy atom. The fourth-order valence-electron chi connectivity index (χ4n) is 4.12. The van der Waals surface area contributed by atoms with Gasteiger partial charge in [0.1, 0.15) is 11.9 Å². The number of halogens is 1. The smallest absolute Gasteiger partial charge is 0.123 e. The topological polar surface area (TPSA) is 43.7 Å². The molecule has 0 aromatic heterocycles. The zero-order chi connectivity index (χ0) is 16.7. The molecule has 1 aliphatic carbocycles. The average molecular weight is 327 g/mol. The highest BCUT2D eigenvalue weighted by Crippen LogP contribution is 2.41. The molecule has 0 spiro atoms. The van der Waals surface area contributed by atoms with Crippen molar-refractivity contribution >= 4 is 11.4 Å². The lowest BCUT2D eigenvalue weighted by Crippen LogP contribution is -2.50. The molecule has 0 saturated heterocycles. The fraction of sp³-hybridized carbons (Fsp3) is 0.400. The van der Waals surface area contributed by atoms with Crippen molar-refractivity contribution < 1.29 is 14.6 Å². The van der Waals surface area contributed by atoms with Crippen LogP contribution in [0.3, 0.4) is 0 Å². The lowest BCUT2D eigenvalue weighted by Gasteiger charge is -2.41. The standard InChI is InChI=1S/C20H22FNO2/c21-15-10-11-17-14(12-15)9-8-13-4-1-2-5-16(13)22(17)18-6-3-7-19(23)20(18)24/h1-2,4-5,10-12,18-20,23-24H,3,6-9H2/t18-,19-,20+/m1/s1. The zero-order valence-electron chi connectivity index (χ0n) is 13.5. The van der Waals surface area contributed by atoms with Gasteiger partial charge in [-0.1, -0.05) is 18.2 Å². The summed E-state index contributed by atoms with van der Waals surface area (Å²) in [4.78, 5) is 2.13. The number of anilines is 2. The van der Waals surface area contributed by atoms with Crippen molar-refractivity contribution in [1.29, 1.82) is 0 Å². The summed E-state index contributed by atoms with van der Waals surface area (Å²) in [6.45, 7) is 0. The van der Waals surface area contributed by atoms with Gasteiger partial charge in [-0.2, -0.15) is 0 Å². The third-order valence-corrected chi connectivity index (χ3v) is 5.34. The molecule has 0 radical (unpaired) electrons. The highest BCUT2D eigenvalue weighted by atomic mass is 19.1. The predicted octanol–water partition coefficient (Wildman–Crippen LogP) is 3.34. The molecule has 0 amide bonds. The summed E-state index contributed by atoms with van der Waals surface area (Å²) in [6.07, 6.45) is 2.41. The van der Waals surface area contributed by atoms with E-state index >= 15 is 0 Å². The van der Waals surface area contributed by atoms with Gasteiger partial charge in [-0.3, -0.25) is 0 Å². The lowest BCUT2D eigenvalue weighted by molar-refractivity contribution is -0.0204. The van der Waals surface area contributed by atoms with Crippen molar-refractivity contribution in [1.82, 2.24) is 0 Å².